The van der Waals surface area contributed by atoms with E-state index in [1.165, 1.54) is 6.07 Å². The molecule has 0 bridgehead atoms. The molecule has 0 saturated heterocycles. The van der Waals surface area contributed by atoms with Crippen molar-refractivity contribution in [3.05, 3.63) is 22.2 Å². The lowest BCUT2D eigenvalue weighted by Gasteiger charge is -2.14. The molecule has 0 amide bonds. The van der Waals surface area contributed by atoms with Crippen LogP contribution in [-0.2, 0) is 0 Å². The second-order valence-electron chi connectivity index (χ2n) is 4.86. The number of hydrogen-bond acceptors (Lipinski definition) is 6. The Morgan fingerprint density at radius 1 is 1.50 bits per heavy atom. The van der Waals surface area contributed by atoms with Gasteiger partial charge in [0.15, 0.2) is 0 Å². The van der Waals surface area contributed by atoms with E-state index in [9.17, 15) is 10.1 Å². The van der Waals surface area contributed by atoms with E-state index in [1.807, 2.05) is 18.7 Å². The van der Waals surface area contributed by atoms with Crippen molar-refractivity contribution in [1.29, 1.82) is 0 Å². The van der Waals surface area contributed by atoms with Gasteiger partial charge in [0.2, 0.25) is 5.82 Å². The predicted molar refractivity (Wildman–Crippen MR) is 83.6 cm³/mol. The highest BCUT2D eigenvalue weighted by Crippen LogP contribution is 2.32. The number of thioether (sulfide) groups is 1. The Balaban J connectivity index is 2.15. The molecular weight excluding hydrogens is 276 g/mol. The molecule has 0 aliphatic heterocycles. The molecule has 110 valence electrons. The predicted octanol–water partition coefficient (Wildman–Crippen LogP) is 3.12. The average Bonchev–Trinajstić information content (AvgIpc) is 2.87. The molecule has 0 radical (unpaired) electrons. The number of aromatic nitrogens is 1. The van der Waals surface area contributed by atoms with Crippen LogP contribution in [0.15, 0.2) is 12.1 Å². The molecular formula is C13H20N4O2S. The Bertz CT molecular complexity index is 483. The first-order valence-electron chi connectivity index (χ1n) is 6.82. The van der Waals surface area contributed by atoms with Crippen LogP contribution in [0.2, 0.25) is 0 Å². The molecule has 1 heterocycles. The summed E-state index contributed by atoms with van der Waals surface area (Å²) < 4.78 is 0. The zero-order valence-electron chi connectivity index (χ0n) is 11.8. The molecule has 2 atom stereocenters. The lowest BCUT2D eigenvalue weighted by Crippen LogP contribution is -2.18. The van der Waals surface area contributed by atoms with E-state index >= 15 is 0 Å². The van der Waals surface area contributed by atoms with Gasteiger partial charge in [-0.25, -0.2) is 4.98 Å². The van der Waals surface area contributed by atoms with Crippen molar-refractivity contribution < 1.29 is 4.92 Å². The third-order valence-electron chi connectivity index (χ3n) is 3.49. The molecule has 1 aromatic rings. The monoisotopic (exact) mass is 296 g/mol. The second kappa shape index (κ2) is 6.78. The maximum absolute atomic E-state index is 11.1. The Morgan fingerprint density at radius 3 is 2.90 bits per heavy atom. The first-order chi connectivity index (χ1) is 9.63. The third-order valence-corrected chi connectivity index (χ3v) is 4.58. The SMILES string of the molecule is CCNc1ccc([N+](=O)[O-])c(NC2CCC(SC)C2)n1. The summed E-state index contributed by atoms with van der Waals surface area (Å²) in [5.74, 6) is 1.04. The van der Waals surface area contributed by atoms with Crippen LogP contribution in [0.4, 0.5) is 17.3 Å². The van der Waals surface area contributed by atoms with Crippen molar-refractivity contribution in [3.8, 4) is 0 Å². The lowest BCUT2D eigenvalue weighted by atomic mass is 10.2. The molecule has 7 heteroatoms. The van der Waals surface area contributed by atoms with Gasteiger partial charge in [-0.2, -0.15) is 11.8 Å². The fourth-order valence-corrected chi connectivity index (χ4v) is 3.26. The van der Waals surface area contributed by atoms with Crippen molar-refractivity contribution >= 4 is 29.1 Å². The van der Waals surface area contributed by atoms with E-state index in [1.54, 1.807) is 6.07 Å². The van der Waals surface area contributed by atoms with Crippen LogP contribution in [0, 0.1) is 10.1 Å². The first-order valence-corrected chi connectivity index (χ1v) is 8.11. The average molecular weight is 296 g/mol. The Morgan fingerprint density at radius 2 is 2.30 bits per heavy atom. The minimum Gasteiger partial charge on any atom is -0.370 e. The molecule has 6 nitrogen and oxygen atoms in total. The van der Waals surface area contributed by atoms with Gasteiger partial charge in [0.25, 0.3) is 0 Å². The van der Waals surface area contributed by atoms with Crippen LogP contribution in [0.3, 0.4) is 0 Å². The lowest BCUT2D eigenvalue weighted by molar-refractivity contribution is -0.384. The van der Waals surface area contributed by atoms with E-state index in [4.69, 9.17) is 0 Å². The van der Waals surface area contributed by atoms with Gasteiger partial charge in [0.05, 0.1) is 4.92 Å². The van der Waals surface area contributed by atoms with Crippen molar-refractivity contribution in [3.63, 3.8) is 0 Å². The fraction of sp³-hybridized carbons (Fsp3) is 0.615. The van der Waals surface area contributed by atoms with E-state index < -0.39 is 0 Å². The van der Waals surface area contributed by atoms with E-state index in [0.29, 0.717) is 16.9 Å². The highest BCUT2D eigenvalue weighted by atomic mass is 32.2. The quantitative estimate of drug-likeness (QED) is 0.620. The summed E-state index contributed by atoms with van der Waals surface area (Å²) in [6, 6.07) is 3.43. The van der Waals surface area contributed by atoms with Crippen LogP contribution in [-0.4, -0.2) is 34.0 Å². The number of hydrogen-bond donors (Lipinski definition) is 2. The Labute approximate surface area is 122 Å². The van der Waals surface area contributed by atoms with Crippen molar-refractivity contribution in [2.24, 2.45) is 0 Å². The molecule has 20 heavy (non-hydrogen) atoms. The number of anilines is 2. The second-order valence-corrected chi connectivity index (χ2v) is 6.00. The maximum Gasteiger partial charge on any atom is 0.311 e. The summed E-state index contributed by atoms with van der Waals surface area (Å²) in [6.07, 6.45) is 5.33. The first kappa shape index (κ1) is 14.9. The van der Waals surface area contributed by atoms with Gasteiger partial charge in [-0.15, -0.1) is 0 Å². The molecule has 1 aliphatic carbocycles. The van der Waals surface area contributed by atoms with E-state index in [-0.39, 0.29) is 16.7 Å². The Kier molecular flexibility index (Phi) is 5.05. The molecule has 0 aromatic carbocycles. The number of nitro groups is 1. The molecule has 0 spiro atoms. The van der Waals surface area contributed by atoms with Crippen LogP contribution in [0.25, 0.3) is 0 Å². The summed E-state index contributed by atoms with van der Waals surface area (Å²) >= 11 is 1.86. The minimum absolute atomic E-state index is 0.0410. The van der Waals surface area contributed by atoms with Gasteiger partial charge >= 0.3 is 5.69 Å². The van der Waals surface area contributed by atoms with Crippen LogP contribution < -0.4 is 10.6 Å². The molecule has 1 aromatic heterocycles. The Hall–Kier alpha value is -1.50. The zero-order valence-corrected chi connectivity index (χ0v) is 12.6. The number of nitrogens with zero attached hydrogens (tertiary/aromatic N) is 2. The number of rotatable bonds is 6. The molecule has 2 rings (SSSR count). The molecule has 1 aliphatic rings. The van der Waals surface area contributed by atoms with Crippen LogP contribution in [0.1, 0.15) is 26.2 Å². The molecule has 1 fully saturated rings. The number of nitrogens with one attached hydrogen (secondary N) is 2. The molecule has 1 saturated carbocycles. The van der Waals surface area contributed by atoms with Crippen molar-refractivity contribution in [2.75, 3.05) is 23.4 Å². The summed E-state index contributed by atoms with van der Waals surface area (Å²) in [4.78, 5) is 15.0. The van der Waals surface area contributed by atoms with Gasteiger partial charge in [0.1, 0.15) is 5.82 Å². The third kappa shape index (κ3) is 3.53. The number of pyridine rings is 1. The van der Waals surface area contributed by atoms with Gasteiger partial charge in [-0.1, -0.05) is 0 Å². The zero-order chi connectivity index (χ0) is 14.5. The van der Waals surface area contributed by atoms with E-state index in [2.05, 4.69) is 21.9 Å². The summed E-state index contributed by atoms with van der Waals surface area (Å²) in [6.45, 7) is 2.71. The summed E-state index contributed by atoms with van der Waals surface area (Å²) in [7, 11) is 0. The largest absolute Gasteiger partial charge is 0.370 e. The van der Waals surface area contributed by atoms with Gasteiger partial charge in [0, 0.05) is 23.9 Å². The standard InChI is InChI=1S/C13H20N4O2S/c1-3-14-12-7-6-11(17(18)19)13(16-12)15-9-4-5-10(8-9)20-2/h6-7,9-10H,3-5,8H2,1-2H3,(H2,14,15,16). The fourth-order valence-electron chi connectivity index (χ4n) is 2.46. The van der Waals surface area contributed by atoms with E-state index in [0.717, 1.165) is 25.8 Å². The summed E-state index contributed by atoms with van der Waals surface area (Å²) in [5, 5.41) is 18.1. The van der Waals surface area contributed by atoms with Crippen molar-refractivity contribution in [2.45, 2.75) is 37.5 Å². The summed E-state index contributed by atoms with van der Waals surface area (Å²) in [5.41, 5.74) is 0.0410. The van der Waals surface area contributed by atoms with Crippen molar-refractivity contribution in [1.82, 2.24) is 4.98 Å². The molecule has 2 N–H and O–H groups in total. The highest BCUT2D eigenvalue weighted by molar-refractivity contribution is 7.99. The van der Waals surface area contributed by atoms with Crippen LogP contribution in [0.5, 0.6) is 0 Å². The smallest absolute Gasteiger partial charge is 0.311 e. The normalized spacial score (nSPS) is 21.7. The van der Waals surface area contributed by atoms with Gasteiger partial charge in [-0.05, 0) is 38.5 Å². The highest BCUT2D eigenvalue weighted by Gasteiger charge is 2.26. The van der Waals surface area contributed by atoms with Gasteiger partial charge in [-0.3, -0.25) is 10.1 Å². The molecule has 2 unspecified atom stereocenters. The van der Waals surface area contributed by atoms with Crippen LogP contribution >= 0.6 is 11.8 Å². The minimum atomic E-state index is -0.383. The van der Waals surface area contributed by atoms with Gasteiger partial charge < -0.3 is 10.6 Å². The maximum atomic E-state index is 11.1. The topological polar surface area (TPSA) is 80.1 Å².